The van der Waals surface area contributed by atoms with Gasteiger partial charge in [-0.3, -0.25) is 24.5 Å². The van der Waals surface area contributed by atoms with Gasteiger partial charge in [-0.05, 0) is 35.4 Å². The molecule has 0 spiro atoms. The summed E-state index contributed by atoms with van der Waals surface area (Å²) in [6, 6.07) is 16.7. The minimum atomic E-state index is -1.25. The normalized spacial score (nSPS) is 12.5. The number of benzene rings is 3. The van der Waals surface area contributed by atoms with Crippen LogP contribution in [0.3, 0.4) is 0 Å². The quantitative estimate of drug-likeness (QED) is 0.292. The lowest BCUT2D eigenvalue weighted by Crippen LogP contribution is -2.48. The highest BCUT2D eigenvalue weighted by atomic mass is 16.6. The van der Waals surface area contributed by atoms with E-state index in [1.54, 1.807) is 25.1 Å². The van der Waals surface area contributed by atoms with Gasteiger partial charge in [0, 0.05) is 23.6 Å². The second kappa shape index (κ2) is 10.4. The van der Waals surface area contributed by atoms with Crippen LogP contribution in [-0.4, -0.2) is 35.4 Å². The molecule has 2 atom stereocenters. The van der Waals surface area contributed by atoms with Crippen molar-refractivity contribution in [2.45, 2.75) is 25.3 Å². The van der Waals surface area contributed by atoms with E-state index >= 15 is 0 Å². The summed E-state index contributed by atoms with van der Waals surface area (Å²) in [7, 11) is 0. The Kier molecular flexibility index (Phi) is 7.34. The topological polar surface area (TPSA) is 142 Å². The zero-order valence-electron chi connectivity index (χ0n) is 17.9. The van der Waals surface area contributed by atoms with Crippen LogP contribution in [0.5, 0.6) is 0 Å². The Morgan fingerprint density at radius 3 is 2.30 bits per heavy atom. The van der Waals surface area contributed by atoms with E-state index < -0.39 is 34.7 Å². The summed E-state index contributed by atoms with van der Waals surface area (Å²) in [5, 5.41) is 15.4. The van der Waals surface area contributed by atoms with Crippen LogP contribution in [0.4, 0.5) is 5.69 Å². The number of amides is 2. The molecule has 2 amide bonds. The number of primary amides is 1. The number of non-ortho nitro benzene ring substituents is 1. The second-order valence-electron chi connectivity index (χ2n) is 7.38. The van der Waals surface area contributed by atoms with Crippen molar-refractivity contribution < 1.29 is 24.0 Å². The molecule has 0 unspecified atom stereocenters. The molecule has 0 aliphatic heterocycles. The number of hydrogen-bond acceptors (Lipinski definition) is 6. The second-order valence-corrected chi connectivity index (χ2v) is 7.38. The van der Waals surface area contributed by atoms with Crippen molar-refractivity contribution in [2.75, 3.05) is 6.61 Å². The number of nitro benzene ring substituents is 1. The SMILES string of the molecule is CCOC(=O)C[C@@H](c1ccc([N+](=O)[O-])cc1)[C@H](NC(=O)c1ccc2ccccc2c1)C(N)=O. The average molecular weight is 449 g/mol. The minimum Gasteiger partial charge on any atom is -0.466 e. The van der Waals surface area contributed by atoms with Gasteiger partial charge in [-0.1, -0.05) is 42.5 Å². The Balaban J connectivity index is 1.92. The molecule has 0 saturated heterocycles. The monoisotopic (exact) mass is 449 g/mol. The number of ether oxygens (including phenoxy) is 1. The van der Waals surface area contributed by atoms with Crippen LogP contribution in [-0.2, 0) is 14.3 Å². The molecule has 0 fully saturated rings. The van der Waals surface area contributed by atoms with Crippen LogP contribution in [0.2, 0.25) is 0 Å². The average Bonchev–Trinajstić information content (AvgIpc) is 2.81. The van der Waals surface area contributed by atoms with Crippen molar-refractivity contribution in [3.63, 3.8) is 0 Å². The fraction of sp³-hybridized carbons (Fsp3) is 0.208. The van der Waals surface area contributed by atoms with Gasteiger partial charge in [-0.2, -0.15) is 0 Å². The third-order valence-corrected chi connectivity index (χ3v) is 5.23. The van der Waals surface area contributed by atoms with E-state index in [1.165, 1.54) is 24.3 Å². The highest BCUT2D eigenvalue weighted by Gasteiger charge is 2.32. The lowest BCUT2D eigenvalue weighted by molar-refractivity contribution is -0.384. The fourth-order valence-electron chi connectivity index (χ4n) is 3.60. The number of fused-ring (bicyclic) bond motifs is 1. The zero-order valence-corrected chi connectivity index (χ0v) is 17.9. The first kappa shape index (κ1) is 23.4. The van der Waals surface area contributed by atoms with E-state index in [2.05, 4.69) is 5.32 Å². The maximum atomic E-state index is 13.0. The molecule has 33 heavy (non-hydrogen) atoms. The maximum absolute atomic E-state index is 13.0. The zero-order chi connectivity index (χ0) is 24.0. The van der Waals surface area contributed by atoms with Crippen molar-refractivity contribution in [1.82, 2.24) is 5.32 Å². The minimum absolute atomic E-state index is 0.135. The van der Waals surface area contributed by atoms with Gasteiger partial charge in [0.1, 0.15) is 6.04 Å². The molecule has 3 N–H and O–H groups in total. The first-order chi connectivity index (χ1) is 15.8. The summed E-state index contributed by atoms with van der Waals surface area (Å²) >= 11 is 0. The van der Waals surface area contributed by atoms with Gasteiger partial charge >= 0.3 is 5.97 Å². The summed E-state index contributed by atoms with van der Waals surface area (Å²) in [6.45, 7) is 1.78. The number of hydrogen-bond donors (Lipinski definition) is 2. The highest BCUT2D eigenvalue weighted by Crippen LogP contribution is 2.27. The third kappa shape index (κ3) is 5.70. The number of esters is 1. The van der Waals surface area contributed by atoms with E-state index in [4.69, 9.17) is 10.5 Å². The van der Waals surface area contributed by atoms with Crippen molar-refractivity contribution >= 4 is 34.2 Å². The van der Waals surface area contributed by atoms with Crippen LogP contribution < -0.4 is 11.1 Å². The Labute approximate surface area is 189 Å². The molecule has 0 aliphatic carbocycles. The van der Waals surface area contributed by atoms with Crippen molar-refractivity contribution in [1.29, 1.82) is 0 Å². The largest absolute Gasteiger partial charge is 0.466 e. The standard InChI is InChI=1S/C24H23N3O6/c1-2-33-21(28)14-20(16-9-11-19(12-10-16)27(31)32)22(23(25)29)26-24(30)18-8-7-15-5-3-4-6-17(15)13-18/h3-13,20,22H,2,14H2,1H3,(H2,25,29)(H,26,30)/t20-,22-/m0/s1. The van der Waals surface area contributed by atoms with Crippen molar-refractivity contribution in [3.8, 4) is 0 Å². The van der Waals surface area contributed by atoms with Crippen LogP contribution >= 0.6 is 0 Å². The van der Waals surface area contributed by atoms with Gasteiger partial charge in [0.25, 0.3) is 11.6 Å². The molecule has 3 aromatic carbocycles. The number of nitro groups is 1. The van der Waals surface area contributed by atoms with Gasteiger partial charge in [-0.25, -0.2) is 0 Å². The Bertz CT molecular complexity index is 1190. The highest BCUT2D eigenvalue weighted by molar-refractivity contribution is 6.00. The molecule has 0 radical (unpaired) electrons. The van der Waals surface area contributed by atoms with Crippen LogP contribution in [0.15, 0.2) is 66.7 Å². The van der Waals surface area contributed by atoms with Crippen LogP contribution in [0.1, 0.15) is 35.2 Å². The summed E-state index contributed by atoms with van der Waals surface area (Å²) < 4.78 is 5.01. The molecule has 0 heterocycles. The van der Waals surface area contributed by atoms with E-state index in [0.717, 1.165) is 10.8 Å². The maximum Gasteiger partial charge on any atom is 0.306 e. The first-order valence-electron chi connectivity index (χ1n) is 10.3. The molecule has 9 heteroatoms. The molecule has 0 bridgehead atoms. The molecular weight excluding hydrogens is 426 g/mol. The van der Waals surface area contributed by atoms with E-state index in [1.807, 2.05) is 24.3 Å². The fourth-order valence-corrected chi connectivity index (χ4v) is 3.60. The predicted molar refractivity (Wildman–Crippen MR) is 121 cm³/mol. The smallest absolute Gasteiger partial charge is 0.306 e. The predicted octanol–water partition coefficient (Wildman–Crippen LogP) is 3.07. The van der Waals surface area contributed by atoms with Gasteiger partial charge in [0.2, 0.25) is 5.91 Å². The van der Waals surface area contributed by atoms with Crippen molar-refractivity contribution in [2.24, 2.45) is 5.73 Å². The molecule has 3 aromatic rings. The molecule has 3 rings (SSSR count). The number of nitrogens with zero attached hydrogens (tertiary/aromatic N) is 1. The summed E-state index contributed by atoms with van der Waals surface area (Å²) in [6.07, 6.45) is -0.253. The summed E-state index contributed by atoms with van der Waals surface area (Å²) in [5.41, 5.74) is 6.20. The number of nitrogens with one attached hydrogen (secondary N) is 1. The van der Waals surface area contributed by atoms with Gasteiger partial charge in [-0.15, -0.1) is 0 Å². The number of nitrogens with two attached hydrogens (primary N) is 1. The molecule has 0 aromatic heterocycles. The van der Waals surface area contributed by atoms with Crippen LogP contribution in [0, 0.1) is 10.1 Å². The molecular formula is C24H23N3O6. The Morgan fingerprint density at radius 2 is 1.70 bits per heavy atom. The molecule has 170 valence electrons. The Hall–Kier alpha value is -4.27. The van der Waals surface area contributed by atoms with E-state index in [0.29, 0.717) is 11.1 Å². The van der Waals surface area contributed by atoms with E-state index in [-0.39, 0.29) is 18.7 Å². The molecule has 0 saturated carbocycles. The lowest BCUT2D eigenvalue weighted by atomic mass is 9.87. The van der Waals surface area contributed by atoms with Gasteiger partial charge in [0.05, 0.1) is 18.0 Å². The Morgan fingerprint density at radius 1 is 1.03 bits per heavy atom. The third-order valence-electron chi connectivity index (χ3n) is 5.23. The van der Waals surface area contributed by atoms with Crippen molar-refractivity contribution in [3.05, 3.63) is 88.0 Å². The number of carbonyl (C=O) groups is 3. The first-order valence-corrected chi connectivity index (χ1v) is 10.3. The van der Waals surface area contributed by atoms with Gasteiger partial charge in [0.15, 0.2) is 0 Å². The van der Waals surface area contributed by atoms with Crippen LogP contribution in [0.25, 0.3) is 10.8 Å². The summed E-state index contributed by atoms with van der Waals surface area (Å²) in [5.74, 6) is -2.86. The van der Waals surface area contributed by atoms with Gasteiger partial charge < -0.3 is 15.8 Å². The summed E-state index contributed by atoms with van der Waals surface area (Å²) in [4.78, 5) is 48.0. The molecule has 0 aliphatic rings. The number of carbonyl (C=O) groups excluding carboxylic acids is 3. The molecule has 9 nitrogen and oxygen atoms in total. The number of rotatable bonds is 9. The van der Waals surface area contributed by atoms with E-state index in [9.17, 15) is 24.5 Å². The lowest BCUT2D eigenvalue weighted by Gasteiger charge is -2.25.